The van der Waals surface area contributed by atoms with Gasteiger partial charge in [0.05, 0.1) is 6.54 Å². The fourth-order valence-electron chi connectivity index (χ4n) is 3.12. The molecule has 0 radical (unpaired) electrons. The molecule has 2 aromatic heterocycles. The summed E-state index contributed by atoms with van der Waals surface area (Å²) in [4.78, 5) is 7.07. The molecule has 22 heavy (non-hydrogen) atoms. The van der Waals surface area contributed by atoms with Crippen molar-refractivity contribution in [2.45, 2.75) is 25.3 Å². The summed E-state index contributed by atoms with van der Waals surface area (Å²) < 4.78 is 7.92. The van der Waals surface area contributed by atoms with Crippen LogP contribution < -0.4 is 0 Å². The Morgan fingerprint density at radius 1 is 1.32 bits per heavy atom. The zero-order valence-electron chi connectivity index (χ0n) is 12.6. The number of para-hydroxylation sites is 2. The minimum Gasteiger partial charge on any atom is -0.440 e. The molecule has 1 aromatic carbocycles. The van der Waals surface area contributed by atoms with Crippen molar-refractivity contribution >= 4 is 11.1 Å². The van der Waals surface area contributed by atoms with Gasteiger partial charge in [0.2, 0.25) is 0 Å². The first-order chi connectivity index (χ1) is 10.8. The van der Waals surface area contributed by atoms with Gasteiger partial charge in [-0.25, -0.2) is 4.98 Å². The third-order valence-corrected chi connectivity index (χ3v) is 4.34. The second-order valence-electron chi connectivity index (χ2n) is 5.95. The third-order valence-electron chi connectivity index (χ3n) is 4.34. The second kappa shape index (κ2) is 5.53. The first-order valence-electron chi connectivity index (χ1n) is 7.70. The number of hydrogen-bond acceptors (Lipinski definition) is 5. The van der Waals surface area contributed by atoms with E-state index in [1.54, 1.807) is 6.33 Å². The fraction of sp³-hybridized carbons (Fsp3) is 0.438. The lowest BCUT2D eigenvalue weighted by Gasteiger charge is -2.30. The van der Waals surface area contributed by atoms with E-state index in [1.165, 1.54) is 0 Å². The summed E-state index contributed by atoms with van der Waals surface area (Å²) in [5.74, 6) is 2.22. The van der Waals surface area contributed by atoms with Crippen LogP contribution in [0.25, 0.3) is 11.1 Å². The van der Waals surface area contributed by atoms with Crippen molar-refractivity contribution in [3.63, 3.8) is 0 Å². The Morgan fingerprint density at radius 3 is 3.05 bits per heavy atom. The summed E-state index contributed by atoms with van der Waals surface area (Å²) in [7, 11) is 1.98. The van der Waals surface area contributed by atoms with Crippen LogP contribution in [0.4, 0.5) is 0 Å². The molecule has 1 aliphatic rings. The standard InChI is InChI=1S/C16H19N5O/c1-20-11-17-19-15(20)10-21-8-4-5-12(9-21)16-18-13-6-2-3-7-14(13)22-16/h2-3,6-7,11-12H,4-5,8-10H2,1H3/t12-/m1/s1. The van der Waals surface area contributed by atoms with Crippen LogP contribution in [0, 0.1) is 0 Å². The van der Waals surface area contributed by atoms with Crippen molar-refractivity contribution in [1.82, 2.24) is 24.6 Å². The van der Waals surface area contributed by atoms with Crippen molar-refractivity contribution in [3.8, 4) is 0 Å². The summed E-state index contributed by atoms with van der Waals surface area (Å²) >= 11 is 0. The summed E-state index contributed by atoms with van der Waals surface area (Å²) in [6, 6.07) is 7.96. The molecular weight excluding hydrogens is 278 g/mol. The number of fused-ring (bicyclic) bond motifs is 1. The molecule has 1 saturated heterocycles. The number of hydrogen-bond donors (Lipinski definition) is 0. The summed E-state index contributed by atoms with van der Waals surface area (Å²) in [5, 5.41) is 8.12. The first-order valence-corrected chi connectivity index (χ1v) is 7.70. The first kappa shape index (κ1) is 13.5. The molecule has 1 aliphatic heterocycles. The topological polar surface area (TPSA) is 60.0 Å². The second-order valence-corrected chi connectivity index (χ2v) is 5.95. The van der Waals surface area contributed by atoms with Crippen molar-refractivity contribution in [2.75, 3.05) is 13.1 Å². The van der Waals surface area contributed by atoms with Crippen LogP contribution in [-0.4, -0.2) is 37.7 Å². The van der Waals surface area contributed by atoms with Crippen LogP contribution in [0.3, 0.4) is 0 Å². The Morgan fingerprint density at radius 2 is 2.23 bits per heavy atom. The maximum atomic E-state index is 5.94. The van der Waals surface area contributed by atoms with Gasteiger partial charge in [-0.05, 0) is 31.5 Å². The van der Waals surface area contributed by atoms with Crippen LogP contribution in [0.1, 0.15) is 30.5 Å². The molecule has 3 aromatic rings. The van der Waals surface area contributed by atoms with Gasteiger partial charge in [-0.3, -0.25) is 4.90 Å². The number of benzene rings is 1. The number of likely N-dealkylation sites (tertiary alicyclic amines) is 1. The Bertz CT molecular complexity index is 745. The SMILES string of the molecule is Cn1cnnc1CN1CCC[C@@H](c2nc3ccccc3o2)C1. The molecule has 3 heterocycles. The van der Waals surface area contributed by atoms with Crippen molar-refractivity contribution in [3.05, 3.63) is 42.3 Å². The van der Waals surface area contributed by atoms with Crippen LogP contribution >= 0.6 is 0 Å². The zero-order valence-corrected chi connectivity index (χ0v) is 12.6. The molecule has 6 nitrogen and oxygen atoms in total. The Kier molecular flexibility index (Phi) is 3.38. The van der Waals surface area contributed by atoms with E-state index in [4.69, 9.17) is 4.42 Å². The molecule has 114 valence electrons. The van der Waals surface area contributed by atoms with Crippen molar-refractivity contribution in [1.29, 1.82) is 0 Å². The minimum atomic E-state index is 0.356. The summed E-state index contributed by atoms with van der Waals surface area (Å²) in [6.45, 7) is 2.87. The lowest BCUT2D eigenvalue weighted by atomic mass is 9.98. The molecule has 0 spiro atoms. The largest absolute Gasteiger partial charge is 0.440 e. The van der Waals surface area contributed by atoms with Gasteiger partial charge in [0.15, 0.2) is 11.5 Å². The lowest BCUT2D eigenvalue weighted by molar-refractivity contribution is 0.182. The van der Waals surface area contributed by atoms with E-state index in [0.29, 0.717) is 5.92 Å². The highest BCUT2D eigenvalue weighted by Crippen LogP contribution is 2.29. The van der Waals surface area contributed by atoms with E-state index in [-0.39, 0.29) is 0 Å². The molecule has 1 fully saturated rings. The predicted octanol–water partition coefficient (Wildman–Crippen LogP) is 2.34. The predicted molar refractivity (Wildman–Crippen MR) is 82.3 cm³/mol. The molecule has 6 heteroatoms. The van der Waals surface area contributed by atoms with Gasteiger partial charge in [0.25, 0.3) is 0 Å². The quantitative estimate of drug-likeness (QED) is 0.742. The van der Waals surface area contributed by atoms with Gasteiger partial charge in [-0.2, -0.15) is 0 Å². The van der Waals surface area contributed by atoms with Crippen LogP contribution in [0.2, 0.25) is 0 Å². The molecular formula is C16H19N5O. The molecule has 1 atom stereocenters. The summed E-state index contributed by atoms with van der Waals surface area (Å²) in [6.07, 6.45) is 4.03. The van der Waals surface area contributed by atoms with E-state index >= 15 is 0 Å². The van der Waals surface area contributed by atoms with E-state index < -0.39 is 0 Å². The molecule has 0 bridgehead atoms. The highest BCUT2D eigenvalue weighted by molar-refractivity contribution is 5.72. The molecule has 0 amide bonds. The average Bonchev–Trinajstić information content (AvgIpc) is 3.14. The highest BCUT2D eigenvalue weighted by atomic mass is 16.3. The number of piperidine rings is 1. The molecule has 0 aliphatic carbocycles. The lowest BCUT2D eigenvalue weighted by Crippen LogP contribution is -2.34. The Labute approximate surface area is 128 Å². The van der Waals surface area contributed by atoms with Crippen LogP contribution in [0.5, 0.6) is 0 Å². The molecule has 0 N–H and O–H groups in total. The van der Waals surface area contributed by atoms with E-state index in [0.717, 1.165) is 55.3 Å². The third kappa shape index (κ3) is 2.50. The highest BCUT2D eigenvalue weighted by Gasteiger charge is 2.26. The zero-order chi connectivity index (χ0) is 14.9. The van der Waals surface area contributed by atoms with Gasteiger partial charge in [-0.15, -0.1) is 10.2 Å². The smallest absolute Gasteiger partial charge is 0.199 e. The normalized spacial score (nSPS) is 19.8. The number of aryl methyl sites for hydroxylation is 1. The Hall–Kier alpha value is -2.21. The van der Waals surface area contributed by atoms with Gasteiger partial charge >= 0.3 is 0 Å². The molecule has 0 unspecified atom stereocenters. The maximum absolute atomic E-state index is 5.94. The number of oxazole rings is 1. The van der Waals surface area contributed by atoms with Crippen LogP contribution in [-0.2, 0) is 13.6 Å². The minimum absolute atomic E-state index is 0.356. The van der Waals surface area contributed by atoms with E-state index in [2.05, 4.69) is 20.1 Å². The molecule has 4 rings (SSSR count). The van der Waals surface area contributed by atoms with E-state index in [9.17, 15) is 0 Å². The Balaban J connectivity index is 1.51. The van der Waals surface area contributed by atoms with Gasteiger partial charge in [-0.1, -0.05) is 12.1 Å². The number of nitrogens with zero attached hydrogens (tertiary/aromatic N) is 5. The summed E-state index contributed by atoms with van der Waals surface area (Å²) in [5.41, 5.74) is 1.82. The van der Waals surface area contributed by atoms with Gasteiger partial charge in [0.1, 0.15) is 17.7 Å². The maximum Gasteiger partial charge on any atom is 0.199 e. The average molecular weight is 297 g/mol. The van der Waals surface area contributed by atoms with Crippen LogP contribution in [0.15, 0.2) is 35.0 Å². The van der Waals surface area contributed by atoms with Crippen molar-refractivity contribution in [2.24, 2.45) is 7.05 Å². The van der Waals surface area contributed by atoms with Crippen molar-refractivity contribution < 1.29 is 4.42 Å². The van der Waals surface area contributed by atoms with Gasteiger partial charge < -0.3 is 8.98 Å². The van der Waals surface area contributed by atoms with Gasteiger partial charge in [0, 0.05) is 19.5 Å². The number of aromatic nitrogens is 4. The fourth-order valence-corrected chi connectivity index (χ4v) is 3.12. The van der Waals surface area contributed by atoms with E-state index in [1.807, 2.05) is 35.9 Å². The number of rotatable bonds is 3. The monoisotopic (exact) mass is 297 g/mol. The molecule has 0 saturated carbocycles.